The Kier molecular flexibility index (Phi) is 2.77. The van der Waals surface area contributed by atoms with Gasteiger partial charge in [0.2, 0.25) is 0 Å². The molecule has 2 fully saturated rings. The van der Waals surface area contributed by atoms with Crippen molar-refractivity contribution in [2.24, 2.45) is 23.0 Å². The Labute approximate surface area is 121 Å². The molecular weight excluding hydrogens is 246 g/mol. The van der Waals surface area contributed by atoms with Crippen LogP contribution in [0.15, 0.2) is 24.3 Å². The lowest BCUT2D eigenvalue weighted by Gasteiger charge is -2.52. The molecule has 0 aromatic heterocycles. The van der Waals surface area contributed by atoms with E-state index in [0.717, 1.165) is 31.6 Å². The van der Waals surface area contributed by atoms with Crippen LogP contribution < -0.4 is 5.73 Å². The van der Waals surface area contributed by atoms with Crippen LogP contribution in [0.25, 0.3) is 0 Å². The topological polar surface area (TPSA) is 46.2 Å². The van der Waals surface area contributed by atoms with Crippen LogP contribution in [0.1, 0.15) is 49.7 Å². The fraction of sp³-hybridized carbons (Fsp3) is 0.667. The van der Waals surface area contributed by atoms with E-state index in [2.05, 4.69) is 24.3 Å². The van der Waals surface area contributed by atoms with Crippen molar-refractivity contribution in [1.82, 2.24) is 0 Å². The zero-order valence-electron chi connectivity index (χ0n) is 12.1. The molecule has 0 heterocycles. The first-order valence-electron chi connectivity index (χ1n) is 8.20. The summed E-state index contributed by atoms with van der Waals surface area (Å²) in [6, 6.07) is 8.52. The molecule has 108 valence electrons. The van der Waals surface area contributed by atoms with E-state index in [1.807, 2.05) is 0 Å². The summed E-state index contributed by atoms with van der Waals surface area (Å²) in [6.07, 6.45) is 8.14. The van der Waals surface area contributed by atoms with E-state index in [0.29, 0.717) is 12.5 Å². The zero-order valence-corrected chi connectivity index (χ0v) is 12.1. The van der Waals surface area contributed by atoms with Crippen molar-refractivity contribution in [1.29, 1.82) is 0 Å². The smallest absolute Gasteiger partial charge is 0.0970 e. The van der Waals surface area contributed by atoms with Crippen molar-refractivity contribution in [3.63, 3.8) is 0 Å². The predicted octanol–water partition coefficient (Wildman–Crippen LogP) is 2.98. The maximum Gasteiger partial charge on any atom is 0.0970 e. The van der Waals surface area contributed by atoms with Crippen LogP contribution in [0.5, 0.6) is 0 Å². The Morgan fingerprint density at radius 1 is 1.25 bits per heavy atom. The molecule has 2 saturated carbocycles. The highest BCUT2D eigenvalue weighted by Crippen LogP contribution is 2.64. The average molecular weight is 271 g/mol. The molecule has 3 aliphatic rings. The van der Waals surface area contributed by atoms with E-state index in [4.69, 9.17) is 5.73 Å². The number of rotatable bonds is 2. The molecule has 0 aliphatic heterocycles. The van der Waals surface area contributed by atoms with Gasteiger partial charge in [0, 0.05) is 12.0 Å². The molecule has 20 heavy (non-hydrogen) atoms. The third-order valence-corrected chi connectivity index (χ3v) is 6.61. The maximum atomic E-state index is 11.7. The SMILES string of the molecule is NCC1(C2(O)CCCc3ccccc32)CC2CCC1C2. The fourth-order valence-electron chi connectivity index (χ4n) is 5.70. The van der Waals surface area contributed by atoms with Crippen LogP contribution in [0, 0.1) is 17.3 Å². The second kappa shape index (κ2) is 4.32. The van der Waals surface area contributed by atoms with Crippen LogP contribution in [-0.2, 0) is 12.0 Å². The van der Waals surface area contributed by atoms with Gasteiger partial charge in [-0.25, -0.2) is 0 Å². The summed E-state index contributed by atoms with van der Waals surface area (Å²) in [6.45, 7) is 0.638. The fourth-order valence-corrected chi connectivity index (χ4v) is 5.70. The standard InChI is InChI=1S/C18H25NO/c19-12-17(11-13-7-8-15(17)10-13)18(20)9-3-5-14-4-1-2-6-16(14)18/h1-2,4,6,13,15,20H,3,5,7-12,19H2. The lowest BCUT2D eigenvalue weighted by atomic mass is 9.56. The molecule has 2 bridgehead atoms. The first kappa shape index (κ1) is 12.8. The van der Waals surface area contributed by atoms with Crippen LogP contribution >= 0.6 is 0 Å². The Morgan fingerprint density at radius 2 is 2.10 bits per heavy atom. The van der Waals surface area contributed by atoms with Crippen LogP contribution in [0.4, 0.5) is 0 Å². The largest absolute Gasteiger partial charge is 0.385 e. The first-order chi connectivity index (χ1) is 9.69. The minimum absolute atomic E-state index is 0.0631. The van der Waals surface area contributed by atoms with Gasteiger partial charge in [-0.15, -0.1) is 0 Å². The zero-order chi connectivity index (χ0) is 13.8. The van der Waals surface area contributed by atoms with Gasteiger partial charge in [-0.1, -0.05) is 30.7 Å². The number of hydrogen-bond donors (Lipinski definition) is 2. The van der Waals surface area contributed by atoms with Crippen LogP contribution in [-0.4, -0.2) is 11.7 Å². The molecule has 0 saturated heterocycles. The van der Waals surface area contributed by atoms with E-state index in [-0.39, 0.29) is 5.41 Å². The molecule has 0 amide bonds. The van der Waals surface area contributed by atoms with E-state index in [9.17, 15) is 5.11 Å². The molecule has 1 aromatic rings. The average Bonchev–Trinajstić information content (AvgIpc) is 3.09. The summed E-state index contributed by atoms with van der Waals surface area (Å²) in [5, 5.41) is 11.7. The normalized spacial score (nSPS) is 42.7. The highest BCUT2D eigenvalue weighted by Gasteiger charge is 2.61. The molecule has 2 heteroatoms. The van der Waals surface area contributed by atoms with Crippen molar-refractivity contribution in [2.45, 2.75) is 50.5 Å². The minimum atomic E-state index is -0.684. The Hall–Kier alpha value is -0.860. The lowest BCUT2D eigenvalue weighted by Crippen LogP contribution is -2.54. The number of nitrogens with two attached hydrogens (primary N) is 1. The van der Waals surface area contributed by atoms with Crippen molar-refractivity contribution >= 4 is 0 Å². The van der Waals surface area contributed by atoms with Gasteiger partial charge in [-0.05, 0) is 61.5 Å². The summed E-state index contributed by atoms with van der Waals surface area (Å²) in [5.74, 6) is 1.44. The van der Waals surface area contributed by atoms with Crippen LogP contribution in [0.2, 0.25) is 0 Å². The van der Waals surface area contributed by atoms with Crippen molar-refractivity contribution in [3.05, 3.63) is 35.4 Å². The van der Waals surface area contributed by atoms with Crippen LogP contribution in [0.3, 0.4) is 0 Å². The molecule has 0 spiro atoms. The first-order valence-corrected chi connectivity index (χ1v) is 8.20. The third-order valence-electron chi connectivity index (χ3n) is 6.61. The molecule has 1 aromatic carbocycles. The van der Waals surface area contributed by atoms with Gasteiger partial charge in [0.05, 0.1) is 5.60 Å². The number of aliphatic hydroxyl groups is 1. The number of hydrogen-bond acceptors (Lipinski definition) is 2. The van der Waals surface area contributed by atoms with Gasteiger partial charge >= 0.3 is 0 Å². The molecular formula is C18H25NO. The van der Waals surface area contributed by atoms with E-state index in [1.165, 1.54) is 30.4 Å². The molecule has 4 unspecified atom stereocenters. The van der Waals surface area contributed by atoms with E-state index < -0.39 is 5.60 Å². The summed E-state index contributed by atoms with van der Waals surface area (Å²) >= 11 is 0. The summed E-state index contributed by atoms with van der Waals surface area (Å²) in [5.41, 5.74) is 8.05. The second-order valence-corrected chi connectivity index (χ2v) is 7.31. The van der Waals surface area contributed by atoms with Gasteiger partial charge in [0.25, 0.3) is 0 Å². The minimum Gasteiger partial charge on any atom is -0.385 e. The molecule has 3 aliphatic carbocycles. The molecule has 3 N–H and O–H groups in total. The second-order valence-electron chi connectivity index (χ2n) is 7.31. The third kappa shape index (κ3) is 1.47. The Balaban J connectivity index is 1.84. The molecule has 2 nitrogen and oxygen atoms in total. The summed E-state index contributed by atoms with van der Waals surface area (Å²) in [4.78, 5) is 0. The van der Waals surface area contributed by atoms with Gasteiger partial charge in [-0.3, -0.25) is 0 Å². The highest BCUT2D eigenvalue weighted by atomic mass is 16.3. The highest BCUT2D eigenvalue weighted by molar-refractivity contribution is 5.38. The maximum absolute atomic E-state index is 11.7. The van der Waals surface area contributed by atoms with Crippen molar-refractivity contribution in [2.75, 3.05) is 6.54 Å². The number of benzene rings is 1. The van der Waals surface area contributed by atoms with Gasteiger partial charge in [-0.2, -0.15) is 0 Å². The number of aryl methyl sites for hydroxylation is 1. The molecule has 4 atom stereocenters. The quantitative estimate of drug-likeness (QED) is 0.868. The van der Waals surface area contributed by atoms with E-state index >= 15 is 0 Å². The Bertz CT molecular complexity index is 528. The number of fused-ring (bicyclic) bond motifs is 3. The predicted molar refractivity (Wildman–Crippen MR) is 80.2 cm³/mol. The molecule has 4 rings (SSSR count). The van der Waals surface area contributed by atoms with Gasteiger partial charge in [0.15, 0.2) is 0 Å². The Morgan fingerprint density at radius 3 is 2.80 bits per heavy atom. The lowest BCUT2D eigenvalue weighted by molar-refractivity contribution is -0.127. The molecule has 0 radical (unpaired) electrons. The van der Waals surface area contributed by atoms with Crippen molar-refractivity contribution in [3.8, 4) is 0 Å². The van der Waals surface area contributed by atoms with Gasteiger partial charge in [0.1, 0.15) is 0 Å². The van der Waals surface area contributed by atoms with Gasteiger partial charge < -0.3 is 10.8 Å². The summed E-state index contributed by atoms with van der Waals surface area (Å²) in [7, 11) is 0. The van der Waals surface area contributed by atoms with E-state index in [1.54, 1.807) is 0 Å². The monoisotopic (exact) mass is 271 g/mol. The summed E-state index contributed by atoms with van der Waals surface area (Å²) < 4.78 is 0. The van der Waals surface area contributed by atoms with Crippen molar-refractivity contribution < 1.29 is 5.11 Å².